The van der Waals surface area contributed by atoms with Crippen molar-refractivity contribution in [2.45, 2.75) is 315 Å². The summed E-state index contributed by atoms with van der Waals surface area (Å²) in [4.78, 5) is 38.1. The normalized spacial score (nSPS) is 13.8. The molecule has 0 spiro atoms. The summed E-state index contributed by atoms with van der Waals surface area (Å²) in [5.74, 6) is -0.828. The molecule has 2 atom stereocenters. The van der Waals surface area contributed by atoms with Crippen LogP contribution in [0.4, 0.5) is 0 Å². The maximum absolute atomic E-state index is 12.9. The van der Waals surface area contributed by atoms with Gasteiger partial charge in [-0.15, -0.1) is 0 Å². The number of allylic oxidation sites excluding steroid dienone is 18. The predicted octanol–water partition coefficient (Wildman–Crippen LogP) is 22.6. The lowest BCUT2D eigenvalue weighted by molar-refractivity contribution is -0.870. The van der Waals surface area contributed by atoms with Gasteiger partial charge in [0.05, 0.1) is 27.7 Å². The second-order valence-electron chi connectivity index (χ2n) is 24.9. The summed E-state index contributed by atoms with van der Waals surface area (Å²) >= 11 is 0. The summed E-state index contributed by atoms with van der Waals surface area (Å²) < 4.78 is 34.3. The average Bonchev–Trinajstić information content (AvgIpc) is 3.67. The van der Waals surface area contributed by atoms with Gasteiger partial charge in [-0.05, 0) is 103 Å². The molecule has 0 radical (unpaired) electrons. The van der Waals surface area contributed by atoms with Gasteiger partial charge in [-0.1, -0.05) is 303 Å². The minimum absolute atomic E-state index is 0.0336. The van der Waals surface area contributed by atoms with Crippen molar-refractivity contribution in [2.75, 3.05) is 47.5 Å². The van der Waals surface area contributed by atoms with Crippen molar-refractivity contribution in [3.05, 3.63) is 109 Å². The zero-order valence-corrected chi connectivity index (χ0v) is 57.4. The third-order valence-corrected chi connectivity index (χ3v) is 16.2. The zero-order chi connectivity index (χ0) is 62.6. The number of phosphoric ester groups is 1. The topological polar surface area (TPSA) is 111 Å². The van der Waals surface area contributed by atoms with Crippen LogP contribution in [-0.4, -0.2) is 70.0 Å². The molecule has 2 unspecified atom stereocenters. The van der Waals surface area contributed by atoms with E-state index in [1.54, 1.807) is 0 Å². The van der Waals surface area contributed by atoms with Crippen LogP contribution < -0.4 is 4.89 Å². The number of hydrogen-bond acceptors (Lipinski definition) is 8. The van der Waals surface area contributed by atoms with Crippen molar-refractivity contribution in [1.29, 1.82) is 0 Å². The van der Waals surface area contributed by atoms with Gasteiger partial charge in [0, 0.05) is 12.8 Å². The quantitative estimate of drug-likeness (QED) is 0.0195. The summed E-state index contributed by atoms with van der Waals surface area (Å²) in [5.41, 5.74) is 0. The maximum atomic E-state index is 12.9. The maximum Gasteiger partial charge on any atom is 0.306 e. The van der Waals surface area contributed by atoms with E-state index in [4.69, 9.17) is 18.5 Å². The number of unbranched alkanes of at least 4 members (excludes halogenated alkanes) is 33. The second kappa shape index (κ2) is 66.1. The Morgan fingerprint density at radius 2 is 0.663 bits per heavy atom. The van der Waals surface area contributed by atoms with E-state index in [0.717, 1.165) is 89.9 Å². The van der Waals surface area contributed by atoms with Gasteiger partial charge in [-0.25, -0.2) is 0 Å². The number of ether oxygens (including phenoxy) is 2. The van der Waals surface area contributed by atoms with E-state index < -0.39 is 26.5 Å². The fourth-order valence-corrected chi connectivity index (χ4v) is 10.6. The van der Waals surface area contributed by atoms with E-state index in [0.29, 0.717) is 17.4 Å². The Morgan fingerprint density at radius 1 is 0.372 bits per heavy atom. The Balaban J connectivity index is 4.04. The van der Waals surface area contributed by atoms with Crippen LogP contribution in [0.2, 0.25) is 0 Å². The number of phosphoric acid groups is 1. The van der Waals surface area contributed by atoms with E-state index >= 15 is 0 Å². The number of carbonyl (C=O) groups excluding carboxylic acids is 2. The molecule has 0 aromatic carbocycles. The van der Waals surface area contributed by atoms with E-state index in [9.17, 15) is 19.0 Å². The van der Waals surface area contributed by atoms with E-state index in [-0.39, 0.29) is 32.0 Å². The first-order chi connectivity index (χ1) is 42.0. The molecule has 86 heavy (non-hydrogen) atoms. The summed E-state index contributed by atoms with van der Waals surface area (Å²) in [6, 6.07) is 0. The first kappa shape index (κ1) is 82.7. The molecule has 0 saturated carbocycles. The number of nitrogens with zero attached hydrogens (tertiary/aromatic N) is 1. The van der Waals surface area contributed by atoms with Crippen molar-refractivity contribution >= 4 is 19.8 Å². The Labute approximate surface area is 531 Å². The van der Waals surface area contributed by atoms with Gasteiger partial charge in [-0.2, -0.15) is 0 Å². The van der Waals surface area contributed by atoms with E-state index in [2.05, 4.69) is 123 Å². The van der Waals surface area contributed by atoms with Gasteiger partial charge in [-0.3, -0.25) is 14.2 Å². The first-order valence-electron chi connectivity index (χ1n) is 35.6. The van der Waals surface area contributed by atoms with Crippen LogP contribution >= 0.6 is 7.82 Å². The lowest BCUT2D eigenvalue weighted by atomic mass is 10.0. The number of likely N-dealkylation sites (N-methyl/N-ethyl adjacent to an activating group) is 1. The third kappa shape index (κ3) is 69.8. The molecule has 0 amide bonds. The Bertz CT molecular complexity index is 1820. The highest BCUT2D eigenvalue weighted by Crippen LogP contribution is 2.38. The minimum Gasteiger partial charge on any atom is -0.756 e. The standard InChI is InChI=1S/C76H134NO8P/c1-6-8-10-12-14-16-18-20-22-24-26-28-30-32-33-34-35-36-37-38-39-40-41-42-43-45-47-49-51-53-55-57-59-61-63-65-67-69-76(79)85-74(73-84-86(80,81)83-71-70-77(3,4)5)72-82-75(78)68-66-64-62-60-58-56-54-52-50-48-46-44-31-29-27-25-23-21-19-17-15-13-11-9-7-2/h8,10,14,16,19-22,25-28,32-33,35-36,38-39,74H,6-7,9,11-13,15,17-18,23-24,29-31,34,37,40-73H2,1-5H3/b10-8-,16-14-,21-19-,22-20-,27-25-,28-26-,33-32-,36-35-,39-38-. The molecular weight excluding hydrogens is 1090 g/mol. The zero-order valence-electron chi connectivity index (χ0n) is 56.5. The SMILES string of the molecule is CC/C=C\C/C=C\C/C=C\C/C=C\C/C=C\C/C=C\C/C=C\CCCCCCCCCCCCCCCCCC(=O)OC(COC(=O)CCCCCCCCCCCCCCC/C=C\C/C=C\CCCCCCC)COP(=O)([O-])OCC[N+](C)(C)C. The van der Waals surface area contributed by atoms with Crippen LogP contribution in [0.1, 0.15) is 309 Å². The van der Waals surface area contributed by atoms with Crippen molar-refractivity contribution in [3.63, 3.8) is 0 Å². The fraction of sp³-hybridized carbons (Fsp3) is 0.737. The number of quaternary nitrogens is 1. The molecule has 496 valence electrons. The molecule has 0 aliphatic carbocycles. The van der Waals surface area contributed by atoms with Crippen LogP contribution in [0, 0.1) is 0 Å². The molecule has 0 fully saturated rings. The number of hydrogen-bond donors (Lipinski definition) is 0. The molecule has 9 nitrogen and oxygen atoms in total. The summed E-state index contributed by atoms with van der Waals surface area (Å²) in [6.45, 7) is 4.14. The van der Waals surface area contributed by atoms with Crippen molar-refractivity contribution in [3.8, 4) is 0 Å². The molecule has 10 heteroatoms. The van der Waals surface area contributed by atoms with Gasteiger partial charge in [0.25, 0.3) is 7.82 Å². The largest absolute Gasteiger partial charge is 0.756 e. The molecule has 0 N–H and O–H groups in total. The lowest BCUT2D eigenvalue weighted by Gasteiger charge is -2.28. The Hall–Kier alpha value is -3.33. The summed E-state index contributed by atoms with van der Waals surface area (Å²) in [6.07, 6.45) is 93.1. The highest BCUT2D eigenvalue weighted by molar-refractivity contribution is 7.45. The Morgan fingerprint density at radius 3 is 0.988 bits per heavy atom. The summed E-state index contributed by atoms with van der Waals surface area (Å²) in [7, 11) is 1.17. The molecule has 0 heterocycles. The fourth-order valence-electron chi connectivity index (χ4n) is 9.85. The van der Waals surface area contributed by atoms with Crippen LogP contribution in [0.15, 0.2) is 109 Å². The lowest BCUT2D eigenvalue weighted by Crippen LogP contribution is -2.37. The van der Waals surface area contributed by atoms with Crippen LogP contribution in [0.5, 0.6) is 0 Å². The van der Waals surface area contributed by atoms with Gasteiger partial charge >= 0.3 is 11.9 Å². The van der Waals surface area contributed by atoms with Crippen LogP contribution in [-0.2, 0) is 32.7 Å². The molecular formula is C76H134NO8P. The van der Waals surface area contributed by atoms with Gasteiger partial charge in [0.15, 0.2) is 6.10 Å². The van der Waals surface area contributed by atoms with Gasteiger partial charge < -0.3 is 27.9 Å². The highest BCUT2D eigenvalue weighted by Gasteiger charge is 2.22. The van der Waals surface area contributed by atoms with Crippen molar-refractivity contribution < 1.29 is 42.1 Å². The number of esters is 2. The predicted molar refractivity (Wildman–Crippen MR) is 369 cm³/mol. The Kier molecular flexibility index (Phi) is 63.5. The second-order valence-corrected chi connectivity index (χ2v) is 26.3. The highest BCUT2D eigenvalue weighted by atomic mass is 31.2. The molecule has 0 aromatic heterocycles. The van der Waals surface area contributed by atoms with Gasteiger partial charge in [0.1, 0.15) is 19.8 Å². The molecule has 0 saturated heterocycles. The van der Waals surface area contributed by atoms with Crippen LogP contribution in [0.3, 0.4) is 0 Å². The minimum atomic E-state index is -4.65. The number of rotatable bonds is 65. The van der Waals surface area contributed by atoms with Crippen molar-refractivity contribution in [2.24, 2.45) is 0 Å². The molecule has 0 rings (SSSR count). The smallest absolute Gasteiger partial charge is 0.306 e. The van der Waals surface area contributed by atoms with Crippen molar-refractivity contribution in [1.82, 2.24) is 0 Å². The monoisotopic (exact) mass is 1220 g/mol. The van der Waals surface area contributed by atoms with E-state index in [1.807, 2.05) is 21.1 Å². The van der Waals surface area contributed by atoms with E-state index in [1.165, 1.54) is 186 Å². The average molecular weight is 1220 g/mol. The third-order valence-electron chi connectivity index (χ3n) is 15.3. The molecule has 0 aliphatic rings. The summed E-state index contributed by atoms with van der Waals surface area (Å²) in [5, 5.41) is 0. The molecule has 0 aliphatic heterocycles. The molecule has 0 bridgehead atoms. The van der Waals surface area contributed by atoms with Crippen LogP contribution in [0.25, 0.3) is 0 Å². The molecule has 0 aromatic rings. The first-order valence-corrected chi connectivity index (χ1v) is 37.1. The van der Waals surface area contributed by atoms with Gasteiger partial charge in [0.2, 0.25) is 0 Å². The number of carbonyl (C=O) groups is 2.